The first-order valence-corrected chi connectivity index (χ1v) is 14.6. The summed E-state index contributed by atoms with van der Waals surface area (Å²) in [6.07, 6.45) is 8.09. The van der Waals surface area contributed by atoms with Gasteiger partial charge in [0.1, 0.15) is 5.75 Å². The Morgan fingerprint density at radius 2 is 2.02 bits per heavy atom. The number of hydrogen-bond donors (Lipinski definition) is 0. The molecule has 0 spiro atoms. The second-order valence-corrected chi connectivity index (χ2v) is 11.4. The van der Waals surface area contributed by atoms with Gasteiger partial charge in [0.15, 0.2) is 5.82 Å². The van der Waals surface area contributed by atoms with Gasteiger partial charge in [-0.2, -0.15) is 0 Å². The van der Waals surface area contributed by atoms with Gasteiger partial charge in [-0.05, 0) is 61.4 Å². The van der Waals surface area contributed by atoms with Crippen LogP contribution in [0.5, 0.6) is 5.75 Å². The Bertz CT molecular complexity index is 1760. The minimum absolute atomic E-state index is 0.0236. The van der Waals surface area contributed by atoms with Crippen molar-refractivity contribution in [1.29, 1.82) is 0 Å². The molecule has 1 saturated carbocycles. The lowest BCUT2D eigenvalue weighted by Gasteiger charge is -2.28. The fourth-order valence-corrected chi connectivity index (χ4v) is 6.14. The fourth-order valence-electron chi connectivity index (χ4n) is 6.14. The Hall–Kier alpha value is -4.14. The zero-order chi connectivity index (χ0) is 28.1. The first kappa shape index (κ1) is 25.8. The van der Waals surface area contributed by atoms with Crippen molar-refractivity contribution in [2.75, 3.05) is 26.4 Å². The van der Waals surface area contributed by atoms with Crippen LogP contribution in [0.2, 0.25) is 0 Å². The second kappa shape index (κ2) is 10.4. The van der Waals surface area contributed by atoms with Crippen molar-refractivity contribution < 1.29 is 13.9 Å². The lowest BCUT2D eigenvalue weighted by Crippen LogP contribution is -2.38. The Balaban J connectivity index is 1.27. The van der Waals surface area contributed by atoms with Crippen LogP contribution in [0.4, 0.5) is 4.39 Å². The summed E-state index contributed by atoms with van der Waals surface area (Å²) >= 11 is 0. The standard InChI is InChI=1S/C32H35FN6O2/c1-36-20-34-18-24(36)10-14-41-29-6-3-5-23-16-28(39(30(23)29)19-21-7-8-21)31-35-26-17-25-22(15-27(26)37(31)2)9-13-38(32(25)40)12-4-11-33/h3,5-6,15-18,20-21H,4,7-14,19H2,1-2H3. The number of imidazole rings is 2. The van der Waals surface area contributed by atoms with Gasteiger partial charge in [-0.1, -0.05) is 12.1 Å². The van der Waals surface area contributed by atoms with Crippen LogP contribution < -0.4 is 4.74 Å². The van der Waals surface area contributed by atoms with Gasteiger partial charge in [-0.15, -0.1) is 0 Å². The molecule has 7 rings (SSSR count). The van der Waals surface area contributed by atoms with E-state index in [0.717, 1.165) is 69.8 Å². The molecule has 0 radical (unpaired) electrons. The zero-order valence-electron chi connectivity index (χ0n) is 23.6. The number of para-hydroxylation sites is 1. The predicted molar refractivity (Wildman–Crippen MR) is 157 cm³/mol. The van der Waals surface area contributed by atoms with E-state index in [9.17, 15) is 9.18 Å². The van der Waals surface area contributed by atoms with Crippen LogP contribution in [-0.2, 0) is 33.5 Å². The van der Waals surface area contributed by atoms with E-state index in [-0.39, 0.29) is 5.91 Å². The number of rotatable bonds is 10. The molecule has 0 bridgehead atoms. The van der Waals surface area contributed by atoms with E-state index in [1.54, 1.807) is 4.90 Å². The Morgan fingerprint density at radius 3 is 2.80 bits per heavy atom. The van der Waals surface area contributed by atoms with Gasteiger partial charge in [0.25, 0.3) is 5.91 Å². The quantitative estimate of drug-likeness (QED) is 0.234. The average Bonchev–Trinajstić information content (AvgIpc) is 3.47. The van der Waals surface area contributed by atoms with Crippen LogP contribution in [0.3, 0.4) is 0 Å². The number of ether oxygens (including phenoxy) is 1. The molecule has 212 valence electrons. The van der Waals surface area contributed by atoms with E-state index in [4.69, 9.17) is 9.72 Å². The average molecular weight is 555 g/mol. The molecule has 41 heavy (non-hydrogen) atoms. The molecule has 1 aliphatic heterocycles. The number of nitrogens with zero attached hydrogens (tertiary/aromatic N) is 6. The number of carbonyl (C=O) groups excluding carboxylic acids is 1. The smallest absolute Gasteiger partial charge is 0.254 e. The molecule has 1 fully saturated rings. The number of aromatic nitrogens is 5. The summed E-state index contributed by atoms with van der Waals surface area (Å²) in [5, 5.41) is 1.13. The van der Waals surface area contributed by atoms with E-state index in [0.29, 0.717) is 37.6 Å². The Kier molecular flexibility index (Phi) is 6.52. The second-order valence-electron chi connectivity index (χ2n) is 11.4. The molecule has 1 aliphatic carbocycles. The Morgan fingerprint density at radius 1 is 1.15 bits per heavy atom. The lowest BCUT2D eigenvalue weighted by atomic mass is 9.98. The van der Waals surface area contributed by atoms with Crippen molar-refractivity contribution in [3.8, 4) is 17.3 Å². The number of alkyl halides is 1. The molecular formula is C32H35FN6O2. The van der Waals surface area contributed by atoms with Gasteiger partial charge in [-0.25, -0.2) is 9.97 Å². The van der Waals surface area contributed by atoms with E-state index in [1.165, 1.54) is 12.8 Å². The summed E-state index contributed by atoms with van der Waals surface area (Å²) in [4.78, 5) is 24.3. The summed E-state index contributed by atoms with van der Waals surface area (Å²) < 4.78 is 25.7. The normalized spacial score (nSPS) is 15.3. The lowest BCUT2D eigenvalue weighted by molar-refractivity contribution is 0.0735. The molecule has 3 aromatic heterocycles. The van der Waals surface area contributed by atoms with Crippen LogP contribution in [0.25, 0.3) is 33.5 Å². The maximum atomic E-state index is 13.2. The number of aryl methyl sites for hydroxylation is 2. The third-order valence-corrected chi connectivity index (χ3v) is 8.62. The van der Waals surface area contributed by atoms with Crippen molar-refractivity contribution in [3.05, 3.63) is 65.7 Å². The van der Waals surface area contributed by atoms with Crippen LogP contribution in [-0.4, -0.2) is 60.8 Å². The monoisotopic (exact) mass is 554 g/mol. The van der Waals surface area contributed by atoms with E-state index >= 15 is 0 Å². The number of amides is 1. The van der Waals surface area contributed by atoms with Gasteiger partial charge in [-0.3, -0.25) is 9.18 Å². The highest BCUT2D eigenvalue weighted by molar-refractivity contribution is 6.01. The summed E-state index contributed by atoms with van der Waals surface area (Å²) in [6.45, 7) is 2.15. The third kappa shape index (κ3) is 4.67. The highest BCUT2D eigenvalue weighted by atomic mass is 19.1. The minimum atomic E-state index is -0.411. The van der Waals surface area contributed by atoms with Crippen molar-refractivity contribution in [2.24, 2.45) is 20.0 Å². The fraction of sp³-hybridized carbons (Fsp3) is 0.406. The number of benzene rings is 2. The molecule has 5 aromatic rings. The molecule has 8 nitrogen and oxygen atoms in total. The van der Waals surface area contributed by atoms with E-state index < -0.39 is 6.67 Å². The predicted octanol–water partition coefficient (Wildman–Crippen LogP) is 5.32. The SMILES string of the molecule is Cn1cncc1CCOc1cccc2cc(-c3nc4cc5c(cc4n3C)CCN(CCCF)C5=O)n(CC3CC3)c12. The first-order chi connectivity index (χ1) is 20.0. The molecule has 4 heterocycles. The maximum absolute atomic E-state index is 13.2. The van der Waals surface area contributed by atoms with Crippen molar-refractivity contribution >= 4 is 27.8 Å². The summed E-state index contributed by atoms with van der Waals surface area (Å²) in [5.74, 6) is 2.39. The molecule has 1 amide bonds. The van der Waals surface area contributed by atoms with E-state index in [2.05, 4.69) is 51.5 Å². The summed E-state index contributed by atoms with van der Waals surface area (Å²) in [6, 6.07) is 12.5. The van der Waals surface area contributed by atoms with Crippen LogP contribution in [0.1, 0.15) is 40.9 Å². The van der Waals surface area contributed by atoms with Gasteiger partial charge >= 0.3 is 0 Å². The minimum Gasteiger partial charge on any atom is -0.491 e. The third-order valence-electron chi connectivity index (χ3n) is 8.62. The van der Waals surface area contributed by atoms with Crippen LogP contribution in [0.15, 0.2) is 48.9 Å². The number of fused-ring (bicyclic) bond motifs is 3. The molecular weight excluding hydrogens is 519 g/mol. The number of hydrogen-bond acceptors (Lipinski definition) is 4. The molecule has 2 aromatic carbocycles. The first-order valence-electron chi connectivity index (χ1n) is 14.6. The molecule has 9 heteroatoms. The highest BCUT2D eigenvalue weighted by Gasteiger charge is 2.28. The van der Waals surface area contributed by atoms with E-state index in [1.807, 2.05) is 30.2 Å². The molecule has 0 unspecified atom stereocenters. The summed E-state index contributed by atoms with van der Waals surface area (Å²) in [7, 11) is 4.06. The van der Waals surface area contributed by atoms with Crippen molar-refractivity contribution in [3.63, 3.8) is 0 Å². The Labute approximate surface area is 238 Å². The molecule has 0 saturated heterocycles. The zero-order valence-corrected chi connectivity index (χ0v) is 23.6. The van der Waals surface area contributed by atoms with Gasteiger partial charge < -0.3 is 23.3 Å². The number of halogens is 1. The largest absolute Gasteiger partial charge is 0.491 e. The molecule has 0 atom stereocenters. The van der Waals surface area contributed by atoms with Gasteiger partial charge in [0.2, 0.25) is 0 Å². The maximum Gasteiger partial charge on any atom is 0.254 e. The topological polar surface area (TPSA) is 70.1 Å². The van der Waals surface area contributed by atoms with Gasteiger partial charge in [0, 0.05) is 63.0 Å². The molecule has 2 aliphatic rings. The molecule has 0 N–H and O–H groups in total. The van der Waals surface area contributed by atoms with Crippen LogP contribution >= 0.6 is 0 Å². The van der Waals surface area contributed by atoms with Crippen molar-refractivity contribution in [2.45, 2.75) is 38.6 Å². The van der Waals surface area contributed by atoms with Gasteiger partial charge in [0.05, 0.1) is 41.9 Å². The van der Waals surface area contributed by atoms with Crippen LogP contribution in [0, 0.1) is 5.92 Å². The highest BCUT2D eigenvalue weighted by Crippen LogP contribution is 2.39. The number of carbonyl (C=O) groups is 1. The van der Waals surface area contributed by atoms with Crippen molar-refractivity contribution in [1.82, 2.24) is 28.6 Å². The summed E-state index contributed by atoms with van der Waals surface area (Å²) in [5.41, 5.74) is 6.84.